The molecule has 2 amide bonds. The fourth-order valence-electron chi connectivity index (χ4n) is 4.00. The molecular weight excluding hydrogens is 502 g/mol. The molecule has 11 heteroatoms. The lowest BCUT2D eigenvalue weighted by atomic mass is 9.98. The minimum absolute atomic E-state index is 0.0589. The molecule has 208 valence electrons. The van der Waals surface area contributed by atoms with Gasteiger partial charge in [0.2, 0.25) is 5.91 Å². The van der Waals surface area contributed by atoms with Gasteiger partial charge in [-0.05, 0) is 42.4 Å². The summed E-state index contributed by atoms with van der Waals surface area (Å²) in [5.74, 6) is -1.41. The fraction of sp³-hybridized carbons (Fsp3) is 0.429. The van der Waals surface area contributed by atoms with Crippen LogP contribution in [0.3, 0.4) is 0 Å². The number of Topliss-reactive ketones (excluding diaryl/α,β-unsaturated/α-hetero) is 1. The molecular formula is C28H35N5O6. The number of nitrogens with zero attached hydrogens (tertiary/aromatic N) is 3. The average Bonchev–Trinajstić information content (AvgIpc) is 3.27. The average molecular weight is 538 g/mol. The van der Waals surface area contributed by atoms with Crippen LogP contribution in [0.25, 0.3) is 11.4 Å². The van der Waals surface area contributed by atoms with Crippen LogP contribution in [0.5, 0.6) is 0 Å². The van der Waals surface area contributed by atoms with Gasteiger partial charge in [-0.3, -0.25) is 19.1 Å². The van der Waals surface area contributed by atoms with Crippen molar-refractivity contribution < 1.29 is 23.6 Å². The highest BCUT2D eigenvalue weighted by molar-refractivity contribution is 5.92. The topological polar surface area (TPSA) is 145 Å². The Hall–Kier alpha value is -4.28. The van der Waals surface area contributed by atoms with Gasteiger partial charge < -0.3 is 15.4 Å². The van der Waals surface area contributed by atoms with Crippen LogP contribution in [0, 0.1) is 11.8 Å². The molecule has 1 aromatic carbocycles. The molecule has 0 bridgehead atoms. The van der Waals surface area contributed by atoms with E-state index in [1.54, 1.807) is 18.3 Å². The van der Waals surface area contributed by atoms with Crippen molar-refractivity contribution in [3.05, 3.63) is 71.0 Å². The monoisotopic (exact) mass is 537 g/mol. The summed E-state index contributed by atoms with van der Waals surface area (Å²) in [6.07, 6.45) is 3.02. The van der Waals surface area contributed by atoms with Gasteiger partial charge >= 0.3 is 11.8 Å². The number of hydrogen-bond donors (Lipinski definition) is 2. The van der Waals surface area contributed by atoms with Gasteiger partial charge in [0.1, 0.15) is 12.6 Å². The van der Waals surface area contributed by atoms with Crippen molar-refractivity contribution in [3.63, 3.8) is 0 Å². The summed E-state index contributed by atoms with van der Waals surface area (Å²) in [5, 5.41) is 9.20. The lowest BCUT2D eigenvalue weighted by molar-refractivity contribution is -0.129. The zero-order chi connectivity index (χ0) is 28.4. The van der Waals surface area contributed by atoms with E-state index in [0.29, 0.717) is 18.4 Å². The van der Waals surface area contributed by atoms with Crippen LogP contribution >= 0.6 is 0 Å². The highest BCUT2D eigenvalue weighted by atomic mass is 16.5. The number of alkyl carbamates (subject to hydrolysis) is 1. The quantitative estimate of drug-likeness (QED) is 0.338. The molecule has 39 heavy (non-hydrogen) atoms. The Labute approximate surface area is 226 Å². The van der Waals surface area contributed by atoms with Crippen LogP contribution in [0.2, 0.25) is 0 Å². The number of nitrogens with one attached hydrogen (secondary N) is 2. The number of benzene rings is 1. The number of aromatic nitrogens is 3. The van der Waals surface area contributed by atoms with E-state index >= 15 is 0 Å². The Balaban J connectivity index is 1.71. The SMILES string of the molecule is CC(C)C[C@H](NC(=O)[C@H](CC(C)C)NC(=O)OCc1ccccc1)C(=O)Cn1c(-c2cccnc2)noc1=O. The van der Waals surface area contributed by atoms with E-state index in [1.165, 1.54) is 6.20 Å². The largest absolute Gasteiger partial charge is 0.445 e. The van der Waals surface area contributed by atoms with Gasteiger partial charge in [-0.15, -0.1) is 0 Å². The van der Waals surface area contributed by atoms with Crippen molar-refractivity contribution in [1.29, 1.82) is 0 Å². The third-order valence-electron chi connectivity index (χ3n) is 5.86. The van der Waals surface area contributed by atoms with Gasteiger partial charge in [-0.25, -0.2) is 14.2 Å². The molecule has 0 fully saturated rings. The van der Waals surface area contributed by atoms with Crippen molar-refractivity contribution in [3.8, 4) is 11.4 Å². The number of carbonyl (C=O) groups excluding carboxylic acids is 3. The summed E-state index contributed by atoms with van der Waals surface area (Å²) in [6.45, 7) is 7.39. The number of rotatable bonds is 13. The second-order valence-corrected chi connectivity index (χ2v) is 10.1. The summed E-state index contributed by atoms with van der Waals surface area (Å²) in [4.78, 5) is 55.5. The minimum atomic E-state index is -0.917. The molecule has 0 saturated carbocycles. The first-order valence-electron chi connectivity index (χ1n) is 12.9. The van der Waals surface area contributed by atoms with Crippen LogP contribution in [0.1, 0.15) is 46.1 Å². The summed E-state index contributed by atoms with van der Waals surface area (Å²) in [5.41, 5.74) is 1.32. The third-order valence-corrected chi connectivity index (χ3v) is 5.86. The molecule has 3 aromatic rings. The van der Waals surface area contributed by atoms with E-state index in [0.717, 1.165) is 10.1 Å². The molecule has 0 saturated heterocycles. The van der Waals surface area contributed by atoms with Crippen LogP contribution in [-0.4, -0.2) is 44.6 Å². The van der Waals surface area contributed by atoms with Crippen molar-refractivity contribution in [2.45, 2.75) is 65.8 Å². The second-order valence-electron chi connectivity index (χ2n) is 10.1. The molecule has 3 rings (SSSR count). The molecule has 2 aromatic heterocycles. The molecule has 0 aliphatic heterocycles. The lowest BCUT2D eigenvalue weighted by Crippen LogP contribution is -2.53. The maximum absolute atomic E-state index is 13.4. The molecule has 2 N–H and O–H groups in total. The standard InChI is InChI=1S/C28H35N5O6/c1-18(2)13-22(24(34)16-33-25(32-39-28(33)37)21-11-8-12-29-15-21)30-26(35)23(14-19(3)4)31-27(36)38-17-20-9-6-5-7-10-20/h5-12,15,18-19,22-23H,13-14,16-17H2,1-4H3,(H,30,35)(H,31,36)/t22-,23-/m0/s1. The highest BCUT2D eigenvalue weighted by Gasteiger charge is 2.29. The third kappa shape index (κ3) is 8.91. The van der Waals surface area contributed by atoms with Gasteiger partial charge in [0, 0.05) is 18.0 Å². The number of ether oxygens (including phenoxy) is 1. The highest BCUT2D eigenvalue weighted by Crippen LogP contribution is 2.15. The zero-order valence-electron chi connectivity index (χ0n) is 22.6. The minimum Gasteiger partial charge on any atom is -0.445 e. The first-order chi connectivity index (χ1) is 18.6. The van der Waals surface area contributed by atoms with Gasteiger partial charge in [0.05, 0.1) is 12.6 Å². The molecule has 2 heterocycles. The van der Waals surface area contributed by atoms with E-state index in [4.69, 9.17) is 9.26 Å². The molecule has 11 nitrogen and oxygen atoms in total. The fourth-order valence-corrected chi connectivity index (χ4v) is 4.00. The van der Waals surface area contributed by atoms with Crippen molar-refractivity contribution in [2.75, 3.05) is 0 Å². The van der Waals surface area contributed by atoms with Crippen LogP contribution < -0.4 is 16.4 Å². The number of amides is 2. The lowest BCUT2D eigenvalue weighted by Gasteiger charge is -2.25. The van der Waals surface area contributed by atoms with Crippen molar-refractivity contribution in [1.82, 2.24) is 25.3 Å². The van der Waals surface area contributed by atoms with E-state index in [-0.39, 0.29) is 30.8 Å². The Morgan fingerprint density at radius 3 is 2.28 bits per heavy atom. The van der Waals surface area contributed by atoms with Crippen LogP contribution in [0.4, 0.5) is 4.79 Å². The van der Waals surface area contributed by atoms with Crippen molar-refractivity contribution >= 4 is 17.8 Å². The first-order valence-corrected chi connectivity index (χ1v) is 12.9. The van der Waals surface area contributed by atoms with Gasteiger partial charge in [-0.1, -0.05) is 63.2 Å². The summed E-state index contributed by atoms with van der Waals surface area (Å²) in [6, 6.07) is 10.7. The Morgan fingerprint density at radius 1 is 0.949 bits per heavy atom. The predicted octanol–water partition coefficient (Wildman–Crippen LogP) is 3.34. The number of ketones is 1. The van der Waals surface area contributed by atoms with Crippen LogP contribution in [-0.2, 0) is 27.5 Å². The van der Waals surface area contributed by atoms with E-state index < -0.39 is 35.6 Å². The predicted molar refractivity (Wildman–Crippen MR) is 143 cm³/mol. The van der Waals surface area contributed by atoms with E-state index in [1.807, 2.05) is 58.0 Å². The van der Waals surface area contributed by atoms with E-state index in [9.17, 15) is 19.2 Å². The molecule has 2 atom stereocenters. The Morgan fingerprint density at radius 2 is 1.64 bits per heavy atom. The molecule has 0 aliphatic carbocycles. The van der Waals surface area contributed by atoms with Crippen LogP contribution in [0.15, 0.2) is 64.2 Å². The van der Waals surface area contributed by atoms with Gasteiger partial charge in [-0.2, -0.15) is 0 Å². The molecule has 0 unspecified atom stereocenters. The number of pyridine rings is 1. The Bertz CT molecular complexity index is 1290. The zero-order valence-corrected chi connectivity index (χ0v) is 22.6. The molecule has 0 radical (unpaired) electrons. The maximum Gasteiger partial charge on any atom is 0.442 e. The molecule has 0 aliphatic rings. The van der Waals surface area contributed by atoms with Crippen molar-refractivity contribution in [2.24, 2.45) is 11.8 Å². The van der Waals surface area contributed by atoms with E-state index in [2.05, 4.69) is 20.8 Å². The second kappa shape index (κ2) is 14.0. The molecule has 0 spiro atoms. The first kappa shape index (κ1) is 29.3. The summed E-state index contributed by atoms with van der Waals surface area (Å²) < 4.78 is 11.2. The van der Waals surface area contributed by atoms with Gasteiger partial charge in [0.25, 0.3) is 0 Å². The Kier molecular flexibility index (Phi) is 10.5. The maximum atomic E-state index is 13.4. The number of hydrogen-bond acceptors (Lipinski definition) is 8. The summed E-state index contributed by atoms with van der Waals surface area (Å²) in [7, 11) is 0. The normalized spacial score (nSPS) is 12.7. The summed E-state index contributed by atoms with van der Waals surface area (Å²) >= 11 is 0. The number of carbonyl (C=O) groups is 3. The van der Waals surface area contributed by atoms with Gasteiger partial charge in [0.15, 0.2) is 11.6 Å². The smallest absolute Gasteiger partial charge is 0.442 e.